The fourth-order valence-electron chi connectivity index (χ4n) is 3.24. The number of anilines is 1. The van der Waals surface area contributed by atoms with Gasteiger partial charge in [0.1, 0.15) is 11.5 Å². The first-order valence-electron chi connectivity index (χ1n) is 7.92. The summed E-state index contributed by atoms with van der Waals surface area (Å²) >= 11 is 0. The summed E-state index contributed by atoms with van der Waals surface area (Å²) in [6, 6.07) is 5.67. The summed E-state index contributed by atoms with van der Waals surface area (Å²) in [4.78, 5) is 18.8. The Morgan fingerprint density at radius 2 is 2.27 bits per heavy atom. The number of carbonyl (C=O) groups excluding carboxylic acids is 1. The first-order valence-corrected chi connectivity index (χ1v) is 7.92. The standard InChI is InChI=1S/C16H24N4O2/c1-10(2)14-8-20-7-11(6-12(20)9-22-14)18-16(21)13-4-3-5-15(17)19-13/h3-5,10-12,14H,6-9H2,1-2H3,(H2,17,19)(H,18,21)/t11-,12-,14+/m0/s1. The maximum absolute atomic E-state index is 12.3. The SMILES string of the molecule is CC(C)[C@H]1CN2C[C@@H](NC(=O)c3cccc(N)n3)C[C@H]2CO1. The van der Waals surface area contributed by atoms with Gasteiger partial charge in [0, 0.05) is 25.2 Å². The maximum atomic E-state index is 12.3. The molecule has 0 aromatic carbocycles. The molecule has 1 aromatic rings. The Bertz CT molecular complexity index is 549. The molecule has 3 atom stereocenters. The summed E-state index contributed by atoms with van der Waals surface area (Å²) < 4.78 is 5.92. The highest BCUT2D eigenvalue weighted by Crippen LogP contribution is 2.25. The third kappa shape index (κ3) is 3.23. The molecule has 6 nitrogen and oxygen atoms in total. The molecule has 3 rings (SSSR count). The lowest BCUT2D eigenvalue weighted by atomic mass is 10.0. The Balaban J connectivity index is 1.58. The molecule has 2 aliphatic heterocycles. The summed E-state index contributed by atoms with van der Waals surface area (Å²) in [6.07, 6.45) is 1.22. The minimum Gasteiger partial charge on any atom is -0.384 e. The molecule has 6 heteroatoms. The lowest BCUT2D eigenvalue weighted by Gasteiger charge is -2.36. The number of ether oxygens (including phenoxy) is 1. The van der Waals surface area contributed by atoms with E-state index in [1.54, 1.807) is 18.2 Å². The third-order valence-electron chi connectivity index (χ3n) is 4.53. The van der Waals surface area contributed by atoms with Crippen LogP contribution in [0.25, 0.3) is 0 Å². The summed E-state index contributed by atoms with van der Waals surface area (Å²) in [5.41, 5.74) is 6.00. The number of amides is 1. The van der Waals surface area contributed by atoms with E-state index in [0.29, 0.717) is 29.6 Å². The van der Waals surface area contributed by atoms with Crippen LogP contribution in [0, 0.1) is 5.92 Å². The highest BCUT2D eigenvalue weighted by Gasteiger charge is 2.38. The zero-order chi connectivity index (χ0) is 15.7. The molecular weight excluding hydrogens is 280 g/mol. The average molecular weight is 304 g/mol. The number of nitrogens with zero attached hydrogens (tertiary/aromatic N) is 2. The van der Waals surface area contributed by atoms with Crippen LogP contribution in [0.15, 0.2) is 18.2 Å². The van der Waals surface area contributed by atoms with Crippen molar-refractivity contribution in [3.63, 3.8) is 0 Å². The number of hydrogen-bond acceptors (Lipinski definition) is 5. The lowest BCUT2D eigenvalue weighted by Crippen LogP contribution is -2.48. The van der Waals surface area contributed by atoms with Gasteiger partial charge < -0.3 is 15.8 Å². The van der Waals surface area contributed by atoms with Gasteiger partial charge in [-0.25, -0.2) is 4.98 Å². The van der Waals surface area contributed by atoms with Crippen LogP contribution in [0.5, 0.6) is 0 Å². The number of pyridine rings is 1. The molecule has 3 heterocycles. The molecule has 0 unspecified atom stereocenters. The normalized spacial score (nSPS) is 28.6. The summed E-state index contributed by atoms with van der Waals surface area (Å²) in [5.74, 6) is 0.731. The van der Waals surface area contributed by atoms with Crippen molar-refractivity contribution in [2.75, 3.05) is 25.4 Å². The van der Waals surface area contributed by atoms with E-state index in [1.165, 1.54) is 0 Å². The van der Waals surface area contributed by atoms with Crippen LogP contribution >= 0.6 is 0 Å². The first-order chi connectivity index (χ1) is 10.5. The second kappa shape index (κ2) is 6.22. The second-order valence-electron chi connectivity index (χ2n) is 6.58. The van der Waals surface area contributed by atoms with Crippen LogP contribution in [0.4, 0.5) is 5.82 Å². The van der Waals surface area contributed by atoms with Gasteiger partial charge in [0.25, 0.3) is 5.91 Å². The van der Waals surface area contributed by atoms with Gasteiger partial charge in [0.15, 0.2) is 0 Å². The highest BCUT2D eigenvalue weighted by atomic mass is 16.5. The van der Waals surface area contributed by atoms with Crippen LogP contribution < -0.4 is 11.1 Å². The molecule has 2 fully saturated rings. The zero-order valence-corrected chi connectivity index (χ0v) is 13.2. The van der Waals surface area contributed by atoms with E-state index in [-0.39, 0.29) is 11.9 Å². The molecule has 0 radical (unpaired) electrons. The molecule has 22 heavy (non-hydrogen) atoms. The van der Waals surface area contributed by atoms with Gasteiger partial charge in [-0.1, -0.05) is 19.9 Å². The molecule has 0 aliphatic carbocycles. The summed E-state index contributed by atoms with van der Waals surface area (Å²) in [6.45, 7) is 6.96. The van der Waals surface area contributed by atoms with E-state index in [1.807, 2.05) is 0 Å². The minimum atomic E-state index is -0.154. The Morgan fingerprint density at radius 1 is 1.45 bits per heavy atom. The molecule has 0 spiro atoms. The smallest absolute Gasteiger partial charge is 0.270 e. The van der Waals surface area contributed by atoms with Crippen molar-refractivity contribution >= 4 is 11.7 Å². The Kier molecular flexibility index (Phi) is 4.31. The quantitative estimate of drug-likeness (QED) is 0.867. The summed E-state index contributed by atoms with van der Waals surface area (Å²) in [7, 11) is 0. The van der Waals surface area contributed by atoms with Crippen molar-refractivity contribution in [1.82, 2.24) is 15.2 Å². The first kappa shape index (κ1) is 15.2. The van der Waals surface area contributed by atoms with Crippen LogP contribution in [-0.2, 0) is 4.74 Å². The van der Waals surface area contributed by atoms with Gasteiger partial charge in [0.2, 0.25) is 0 Å². The zero-order valence-electron chi connectivity index (χ0n) is 13.2. The van der Waals surface area contributed by atoms with Crippen molar-refractivity contribution in [3.8, 4) is 0 Å². The van der Waals surface area contributed by atoms with Crippen LogP contribution in [0.1, 0.15) is 30.8 Å². The van der Waals surface area contributed by atoms with Crippen molar-refractivity contribution in [2.24, 2.45) is 5.92 Å². The van der Waals surface area contributed by atoms with Gasteiger partial charge in [-0.2, -0.15) is 0 Å². The molecular formula is C16H24N4O2. The van der Waals surface area contributed by atoms with Crippen molar-refractivity contribution in [3.05, 3.63) is 23.9 Å². The van der Waals surface area contributed by atoms with Gasteiger partial charge in [-0.3, -0.25) is 9.69 Å². The number of hydrogen-bond donors (Lipinski definition) is 2. The Morgan fingerprint density at radius 3 is 3.00 bits per heavy atom. The number of carbonyl (C=O) groups is 1. The van der Waals surface area contributed by atoms with Crippen molar-refractivity contribution in [2.45, 2.75) is 38.5 Å². The largest absolute Gasteiger partial charge is 0.384 e. The van der Waals surface area contributed by atoms with E-state index < -0.39 is 0 Å². The van der Waals surface area contributed by atoms with Gasteiger partial charge in [0.05, 0.1) is 12.7 Å². The number of nitrogen functional groups attached to an aromatic ring is 1. The Hall–Kier alpha value is -1.66. The third-order valence-corrected chi connectivity index (χ3v) is 4.53. The molecule has 3 N–H and O–H groups in total. The molecule has 120 valence electrons. The molecule has 1 amide bonds. The topological polar surface area (TPSA) is 80.5 Å². The number of nitrogens with two attached hydrogens (primary N) is 1. The van der Waals surface area contributed by atoms with Gasteiger partial charge >= 0.3 is 0 Å². The Labute approximate surface area is 131 Å². The monoisotopic (exact) mass is 304 g/mol. The van der Waals surface area contributed by atoms with Crippen molar-refractivity contribution < 1.29 is 9.53 Å². The fourth-order valence-corrected chi connectivity index (χ4v) is 3.24. The average Bonchev–Trinajstić information content (AvgIpc) is 2.88. The number of fused-ring (bicyclic) bond motifs is 1. The highest BCUT2D eigenvalue weighted by molar-refractivity contribution is 5.92. The molecule has 2 aliphatic rings. The number of rotatable bonds is 3. The number of nitrogens with one attached hydrogen (secondary N) is 1. The minimum absolute atomic E-state index is 0.148. The van der Waals surface area contributed by atoms with E-state index >= 15 is 0 Å². The predicted octanol–water partition coefficient (Wildman–Crippen LogP) is 0.891. The van der Waals surface area contributed by atoms with E-state index in [0.717, 1.165) is 26.1 Å². The molecule has 1 aromatic heterocycles. The fraction of sp³-hybridized carbons (Fsp3) is 0.625. The second-order valence-corrected chi connectivity index (χ2v) is 6.58. The van der Waals surface area contributed by atoms with E-state index in [2.05, 4.69) is 29.0 Å². The molecule has 0 saturated carbocycles. The van der Waals surface area contributed by atoms with E-state index in [9.17, 15) is 4.79 Å². The van der Waals surface area contributed by atoms with Crippen LogP contribution in [-0.4, -0.2) is 53.7 Å². The van der Waals surface area contributed by atoms with Crippen molar-refractivity contribution in [1.29, 1.82) is 0 Å². The van der Waals surface area contributed by atoms with Crippen LogP contribution in [0.3, 0.4) is 0 Å². The van der Waals surface area contributed by atoms with Crippen LogP contribution in [0.2, 0.25) is 0 Å². The molecule has 0 bridgehead atoms. The van der Waals surface area contributed by atoms with Gasteiger partial charge in [-0.15, -0.1) is 0 Å². The number of morpholine rings is 1. The molecule has 2 saturated heterocycles. The maximum Gasteiger partial charge on any atom is 0.270 e. The lowest BCUT2D eigenvalue weighted by molar-refractivity contribution is -0.0683. The summed E-state index contributed by atoms with van der Waals surface area (Å²) in [5, 5.41) is 3.07. The van der Waals surface area contributed by atoms with E-state index in [4.69, 9.17) is 10.5 Å². The predicted molar refractivity (Wildman–Crippen MR) is 84.5 cm³/mol. The number of aromatic nitrogens is 1. The van der Waals surface area contributed by atoms with Gasteiger partial charge in [-0.05, 0) is 24.5 Å².